The second-order valence-electron chi connectivity index (χ2n) is 13.9. The molecule has 2 fully saturated rings. The minimum atomic E-state index is -1.66. The largest absolute Gasteiger partial charge is 0.389 e. The maximum atomic E-state index is 12.3. The van der Waals surface area contributed by atoms with E-state index in [2.05, 4.69) is 30.1 Å². The molecule has 4 atom stereocenters. The Morgan fingerprint density at radius 2 is 2.00 bits per heavy atom. The molecule has 4 aromatic heterocycles. The quantitative estimate of drug-likeness (QED) is 0.285. The van der Waals surface area contributed by atoms with Crippen molar-refractivity contribution in [2.75, 3.05) is 37.3 Å². The highest BCUT2D eigenvalue weighted by Crippen LogP contribution is 2.55. The molecule has 47 heavy (non-hydrogen) atoms. The van der Waals surface area contributed by atoms with Crippen molar-refractivity contribution in [3.8, 4) is 17.6 Å². The van der Waals surface area contributed by atoms with Crippen LogP contribution in [0.2, 0.25) is 0 Å². The zero-order valence-corrected chi connectivity index (χ0v) is 27.6. The SMILES string of the molecule is CC(C1CCCN1C)n1ncc2c(N3CCCC(O)(C(N)=O)C3)nc(-c3noc4c3CCCC43CCCc4sc(N)c(C#N)c43)nc21. The van der Waals surface area contributed by atoms with E-state index in [9.17, 15) is 15.2 Å². The molecule has 13 nitrogen and oxygen atoms in total. The topological polar surface area (TPSA) is 189 Å². The van der Waals surface area contributed by atoms with E-state index >= 15 is 0 Å². The van der Waals surface area contributed by atoms with Crippen LogP contribution in [0.15, 0.2) is 10.7 Å². The molecule has 1 amide bonds. The average Bonchev–Trinajstić information content (AvgIpc) is 3.85. The maximum absolute atomic E-state index is 12.3. The van der Waals surface area contributed by atoms with Crippen LogP contribution in [0.1, 0.15) is 91.7 Å². The zero-order chi connectivity index (χ0) is 32.7. The highest BCUT2D eigenvalue weighted by molar-refractivity contribution is 7.16. The lowest BCUT2D eigenvalue weighted by atomic mass is 9.63. The molecule has 0 radical (unpaired) electrons. The Morgan fingerprint density at radius 1 is 1.19 bits per heavy atom. The van der Waals surface area contributed by atoms with Gasteiger partial charge in [0, 0.05) is 23.0 Å². The van der Waals surface area contributed by atoms with Crippen LogP contribution in [0.5, 0.6) is 0 Å². The first-order valence-electron chi connectivity index (χ1n) is 16.7. The third kappa shape index (κ3) is 4.50. The van der Waals surface area contributed by atoms with Crippen molar-refractivity contribution in [3.05, 3.63) is 33.5 Å². The first-order chi connectivity index (χ1) is 22.6. The molecule has 2 aliphatic heterocycles. The number of likely N-dealkylation sites (tertiary alicyclic amines) is 1. The predicted molar refractivity (Wildman–Crippen MR) is 177 cm³/mol. The Labute approximate surface area is 276 Å². The molecule has 0 bridgehead atoms. The number of hydrogen-bond acceptors (Lipinski definition) is 12. The van der Waals surface area contributed by atoms with Crippen molar-refractivity contribution in [3.63, 3.8) is 0 Å². The number of thiophene rings is 1. The molecule has 4 unspecified atom stereocenters. The van der Waals surface area contributed by atoms with Crippen molar-refractivity contribution in [2.24, 2.45) is 5.73 Å². The van der Waals surface area contributed by atoms with Gasteiger partial charge in [-0.2, -0.15) is 10.4 Å². The third-order valence-corrected chi connectivity index (χ3v) is 12.3. The minimum Gasteiger partial charge on any atom is -0.389 e. The van der Waals surface area contributed by atoms with Crippen molar-refractivity contribution in [1.29, 1.82) is 5.26 Å². The van der Waals surface area contributed by atoms with Crippen LogP contribution in [0, 0.1) is 11.3 Å². The van der Waals surface area contributed by atoms with Crippen LogP contribution in [-0.2, 0) is 23.1 Å². The molecular formula is C33H40N10O3S. The van der Waals surface area contributed by atoms with Crippen molar-refractivity contribution < 1.29 is 14.4 Å². The van der Waals surface area contributed by atoms with Gasteiger partial charge < -0.3 is 30.9 Å². The fourth-order valence-electron chi connectivity index (χ4n) is 8.90. The number of β-amino-alcohol motifs (C(OH)–C–C–N with tert-alkyl or cyclic N) is 1. The lowest BCUT2D eigenvalue weighted by Gasteiger charge is -2.39. The summed E-state index contributed by atoms with van der Waals surface area (Å²) in [6, 6.07) is 2.74. The number of carbonyl (C=O) groups excluding carboxylic acids is 1. The van der Waals surface area contributed by atoms with Gasteiger partial charge in [0.15, 0.2) is 28.5 Å². The van der Waals surface area contributed by atoms with Gasteiger partial charge in [0.1, 0.15) is 16.9 Å². The number of nitrogens with zero attached hydrogens (tertiary/aromatic N) is 8. The van der Waals surface area contributed by atoms with Gasteiger partial charge in [-0.15, -0.1) is 11.3 Å². The number of piperidine rings is 1. The molecule has 0 aromatic carbocycles. The number of primary amides is 1. The van der Waals surface area contributed by atoms with Gasteiger partial charge >= 0.3 is 0 Å². The number of nitriles is 1. The van der Waals surface area contributed by atoms with E-state index in [0.29, 0.717) is 59.0 Å². The molecule has 0 saturated carbocycles. The Bertz CT molecular complexity index is 1940. The molecule has 5 N–H and O–H groups in total. The lowest BCUT2D eigenvalue weighted by Crippen LogP contribution is -2.56. The van der Waals surface area contributed by atoms with Gasteiger partial charge in [-0.05, 0) is 90.3 Å². The fraction of sp³-hybridized carbons (Fsp3) is 0.576. The zero-order valence-electron chi connectivity index (χ0n) is 26.8. The molecule has 14 heteroatoms. The van der Waals surface area contributed by atoms with Gasteiger partial charge in [-0.3, -0.25) is 4.79 Å². The molecule has 4 aromatic rings. The van der Waals surface area contributed by atoms with E-state index < -0.39 is 16.9 Å². The molecule has 2 saturated heterocycles. The monoisotopic (exact) mass is 656 g/mol. The molecular weight excluding hydrogens is 616 g/mol. The number of hydrogen-bond donors (Lipinski definition) is 3. The predicted octanol–water partition coefficient (Wildman–Crippen LogP) is 3.43. The summed E-state index contributed by atoms with van der Waals surface area (Å²) in [6.07, 6.45) is 10.1. The molecule has 246 valence electrons. The molecule has 1 spiro atoms. The van der Waals surface area contributed by atoms with Gasteiger partial charge in [0.2, 0.25) is 0 Å². The van der Waals surface area contributed by atoms with Crippen LogP contribution in [-0.4, -0.2) is 79.1 Å². The van der Waals surface area contributed by atoms with Gasteiger partial charge in [-0.1, -0.05) is 5.16 Å². The number of aryl methyl sites for hydroxylation is 1. The minimum absolute atomic E-state index is 0.0271. The lowest BCUT2D eigenvalue weighted by molar-refractivity contribution is -0.137. The Balaban J connectivity index is 1.30. The number of amides is 1. The first kappa shape index (κ1) is 30.3. The molecule has 6 heterocycles. The Kier molecular flexibility index (Phi) is 7.09. The van der Waals surface area contributed by atoms with Crippen molar-refractivity contribution in [1.82, 2.24) is 29.8 Å². The van der Waals surface area contributed by atoms with Crippen LogP contribution < -0.4 is 16.4 Å². The van der Waals surface area contributed by atoms with E-state index in [4.69, 9.17) is 31.1 Å². The number of fused-ring (bicyclic) bond motifs is 5. The second kappa shape index (κ2) is 11.0. The normalized spacial score (nSPS) is 26.8. The van der Waals surface area contributed by atoms with Crippen LogP contribution in [0.25, 0.3) is 22.6 Å². The van der Waals surface area contributed by atoms with E-state index in [1.54, 1.807) is 6.20 Å². The smallest absolute Gasteiger partial charge is 0.251 e. The molecule has 2 aliphatic carbocycles. The summed E-state index contributed by atoms with van der Waals surface area (Å²) in [5.41, 5.74) is 13.7. The maximum Gasteiger partial charge on any atom is 0.251 e. The summed E-state index contributed by atoms with van der Waals surface area (Å²) in [7, 11) is 2.15. The summed E-state index contributed by atoms with van der Waals surface area (Å²) in [5, 5.41) is 32.1. The Hall–Kier alpha value is -4.06. The van der Waals surface area contributed by atoms with E-state index in [0.717, 1.165) is 85.1 Å². The van der Waals surface area contributed by atoms with Crippen LogP contribution in [0.4, 0.5) is 10.8 Å². The number of nitrogen functional groups attached to an aromatic ring is 1. The summed E-state index contributed by atoms with van der Waals surface area (Å²) in [4.78, 5) is 28.0. The van der Waals surface area contributed by atoms with Gasteiger partial charge in [0.25, 0.3) is 5.91 Å². The molecule has 4 aliphatic rings. The summed E-state index contributed by atoms with van der Waals surface area (Å²) in [6.45, 7) is 3.83. The van der Waals surface area contributed by atoms with Crippen LogP contribution >= 0.6 is 11.3 Å². The number of aromatic nitrogens is 5. The number of likely N-dealkylation sites (N-methyl/N-ethyl adjacent to an activating group) is 1. The van der Waals surface area contributed by atoms with Crippen molar-refractivity contribution in [2.45, 2.75) is 94.2 Å². The second-order valence-corrected chi connectivity index (χ2v) is 15.1. The number of nitrogens with two attached hydrogens (primary N) is 2. The van der Waals surface area contributed by atoms with Crippen molar-refractivity contribution >= 4 is 39.1 Å². The van der Waals surface area contributed by atoms with Gasteiger partial charge in [-0.25, -0.2) is 14.6 Å². The van der Waals surface area contributed by atoms with Gasteiger partial charge in [0.05, 0.1) is 35.1 Å². The molecule has 8 rings (SSSR count). The van der Waals surface area contributed by atoms with E-state index in [1.807, 2.05) is 9.58 Å². The van der Waals surface area contributed by atoms with E-state index in [1.165, 1.54) is 11.3 Å². The standard InChI is InChI=1S/C33H40N10O3S/c1-18(22-8-5-13-41(22)2)43-30-21(16-37-43)29(42-14-6-12-33(45,17-42)31(36)44)38-28(39-30)25-19-7-3-10-32(26(19)46-40-25)11-4-9-23-24(32)20(15-34)27(35)47-23/h16,18,22,45H,3-14,17,35H2,1-2H3,(H2,36,44). The number of rotatable bonds is 5. The van der Waals surface area contributed by atoms with Crippen LogP contribution in [0.3, 0.4) is 0 Å². The average molecular weight is 657 g/mol. The summed E-state index contributed by atoms with van der Waals surface area (Å²) in [5.74, 6) is 1.05. The first-order valence-corrected chi connectivity index (χ1v) is 17.5. The number of aliphatic hydroxyl groups is 1. The third-order valence-electron chi connectivity index (χ3n) is 11.3. The summed E-state index contributed by atoms with van der Waals surface area (Å²) >= 11 is 1.52. The van der Waals surface area contributed by atoms with E-state index in [-0.39, 0.29) is 12.6 Å². The fourth-order valence-corrected chi connectivity index (χ4v) is 10.1. The Morgan fingerprint density at radius 3 is 2.74 bits per heavy atom. The highest BCUT2D eigenvalue weighted by Gasteiger charge is 2.49. The number of anilines is 2. The summed E-state index contributed by atoms with van der Waals surface area (Å²) < 4.78 is 8.28. The highest BCUT2D eigenvalue weighted by atomic mass is 32.1. The number of carbonyl (C=O) groups is 1.